The van der Waals surface area contributed by atoms with E-state index in [4.69, 9.17) is 0 Å². The Hall–Kier alpha value is -2.34. The Morgan fingerprint density at radius 3 is 2.96 bits per heavy atom. The van der Waals surface area contributed by atoms with Crippen LogP contribution in [0.5, 0.6) is 0 Å². The van der Waals surface area contributed by atoms with Crippen molar-refractivity contribution in [1.29, 1.82) is 0 Å². The molecule has 0 aliphatic carbocycles. The van der Waals surface area contributed by atoms with E-state index in [1.54, 1.807) is 6.33 Å². The number of likely N-dealkylation sites (tertiary alicyclic amines) is 1. The van der Waals surface area contributed by atoms with E-state index in [0.717, 1.165) is 36.7 Å². The van der Waals surface area contributed by atoms with Crippen LogP contribution >= 0.6 is 0 Å². The number of aryl methyl sites for hydroxylation is 2. The second-order valence-electron chi connectivity index (χ2n) is 6.64. The van der Waals surface area contributed by atoms with Gasteiger partial charge in [-0.2, -0.15) is 10.1 Å². The Balaban J connectivity index is 1.57. The third kappa shape index (κ3) is 3.01. The fourth-order valence-corrected chi connectivity index (χ4v) is 3.61. The summed E-state index contributed by atoms with van der Waals surface area (Å²) in [5, 5.41) is 4.37. The molecule has 4 rings (SSSR count). The minimum Gasteiger partial charge on any atom is -0.297 e. The summed E-state index contributed by atoms with van der Waals surface area (Å²) in [4.78, 5) is 15.8. The number of fused-ring (bicyclic) bond motifs is 1. The van der Waals surface area contributed by atoms with Crippen LogP contribution in [0.1, 0.15) is 41.5 Å². The van der Waals surface area contributed by atoms with Gasteiger partial charge in [-0.1, -0.05) is 6.07 Å². The fraction of sp³-hybridized carbons (Fsp3) is 0.444. The number of rotatable bonds is 3. The molecule has 1 aliphatic heterocycles. The predicted molar refractivity (Wildman–Crippen MR) is 91.7 cm³/mol. The zero-order valence-corrected chi connectivity index (χ0v) is 14.2. The summed E-state index contributed by atoms with van der Waals surface area (Å²) in [6.07, 6.45) is 3.95. The number of hydrogen-bond acceptors (Lipinski definition) is 5. The summed E-state index contributed by atoms with van der Waals surface area (Å²) in [6.45, 7) is 7.12. The van der Waals surface area contributed by atoms with Gasteiger partial charge < -0.3 is 0 Å². The average Bonchev–Trinajstić information content (AvgIpc) is 3.02. The molecular formula is C18H22N6. The van der Waals surface area contributed by atoms with Crippen LogP contribution in [0.3, 0.4) is 0 Å². The third-order valence-corrected chi connectivity index (χ3v) is 4.66. The molecule has 124 valence electrons. The fourth-order valence-electron chi connectivity index (χ4n) is 3.61. The van der Waals surface area contributed by atoms with Gasteiger partial charge in [0.25, 0.3) is 5.78 Å². The highest BCUT2D eigenvalue weighted by Crippen LogP contribution is 2.27. The van der Waals surface area contributed by atoms with Crippen molar-refractivity contribution < 1.29 is 0 Å². The molecule has 1 saturated heterocycles. The van der Waals surface area contributed by atoms with Crippen LogP contribution in [-0.2, 0) is 6.54 Å². The van der Waals surface area contributed by atoms with Gasteiger partial charge in [0.1, 0.15) is 6.33 Å². The van der Waals surface area contributed by atoms with E-state index >= 15 is 0 Å². The highest BCUT2D eigenvalue weighted by molar-refractivity contribution is 5.31. The van der Waals surface area contributed by atoms with Crippen LogP contribution < -0.4 is 0 Å². The van der Waals surface area contributed by atoms with Crippen molar-refractivity contribution in [2.75, 3.05) is 13.1 Å². The quantitative estimate of drug-likeness (QED) is 0.741. The number of hydrogen-bond donors (Lipinski definition) is 0. The Morgan fingerprint density at radius 2 is 2.08 bits per heavy atom. The van der Waals surface area contributed by atoms with Gasteiger partial charge in [-0.15, -0.1) is 0 Å². The lowest BCUT2D eigenvalue weighted by atomic mass is 9.94. The van der Waals surface area contributed by atoms with E-state index in [1.165, 1.54) is 18.5 Å². The van der Waals surface area contributed by atoms with Crippen LogP contribution in [0.15, 0.2) is 30.6 Å². The minimum absolute atomic E-state index is 0.453. The summed E-state index contributed by atoms with van der Waals surface area (Å²) in [5.41, 5.74) is 4.45. The molecule has 1 fully saturated rings. The summed E-state index contributed by atoms with van der Waals surface area (Å²) in [5.74, 6) is 1.15. The second kappa shape index (κ2) is 6.28. The largest absolute Gasteiger partial charge is 0.297 e. The second-order valence-corrected chi connectivity index (χ2v) is 6.64. The molecule has 4 heterocycles. The molecule has 6 heteroatoms. The average molecular weight is 322 g/mol. The molecule has 0 amide bonds. The highest BCUT2D eigenvalue weighted by Gasteiger charge is 2.24. The standard InChI is InChI=1S/C18H22N6/c1-13-5-3-7-16(21-13)11-23-8-4-6-15(10-23)17-9-14(2)22-18-19-12-20-24(17)18/h3,5,7,9,12,15H,4,6,8,10-11H2,1-2H3. The van der Waals surface area contributed by atoms with E-state index in [-0.39, 0.29) is 0 Å². The van der Waals surface area contributed by atoms with Crippen molar-refractivity contribution in [1.82, 2.24) is 29.5 Å². The van der Waals surface area contributed by atoms with E-state index in [1.807, 2.05) is 24.4 Å². The molecule has 24 heavy (non-hydrogen) atoms. The SMILES string of the molecule is Cc1cccc(CN2CCCC(c3cc(C)nc4ncnn34)C2)n1. The summed E-state index contributed by atoms with van der Waals surface area (Å²) >= 11 is 0. The van der Waals surface area contributed by atoms with Gasteiger partial charge in [0, 0.05) is 30.4 Å². The molecule has 1 unspecified atom stereocenters. The Morgan fingerprint density at radius 1 is 1.17 bits per heavy atom. The smallest absolute Gasteiger partial charge is 0.252 e. The molecule has 0 saturated carbocycles. The number of piperidine rings is 1. The molecule has 6 nitrogen and oxygen atoms in total. The van der Waals surface area contributed by atoms with Gasteiger partial charge in [-0.25, -0.2) is 9.50 Å². The van der Waals surface area contributed by atoms with Crippen LogP contribution in [-0.4, -0.2) is 42.6 Å². The lowest BCUT2D eigenvalue weighted by Crippen LogP contribution is -2.35. The van der Waals surface area contributed by atoms with E-state index in [2.05, 4.69) is 43.1 Å². The molecule has 1 aliphatic rings. The first-order valence-electron chi connectivity index (χ1n) is 8.51. The summed E-state index contributed by atoms with van der Waals surface area (Å²) in [6, 6.07) is 8.40. The van der Waals surface area contributed by atoms with Gasteiger partial charge in [-0.05, 0) is 51.4 Å². The molecule has 0 bridgehead atoms. The van der Waals surface area contributed by atoms with Gasteiger partial charge >= 0.3 is 0 Å². The maximum atomic E-state index is 4.64. The lowest BCUT2D eigenvalue weighted by molar-refractivity contribution is 0.195. The molecule has 0 radical (unpaired) electrons. The van der Waals surface area contributed by atoms with Gasteiger partial charge in [0.2, 0.25) is 0 Å². The number of aromatic nitrogens is 5. The maximum absolute atomic E-state index is 4.64. The van der Waals surface area contributed by atoms with Crippen molar-refractivity contribution in [3.63, 3.8) is 0 Å². The molecule has 0 aromatic carbocycles. The van der Waals surface area contributed by atoms with Gasteiger partial charge in [-0.3, -0.25) is 9.88 Å². The predicted octanol–water partition coefficient (Wildman–Crippen LogP) is 2.52. The zero-order chi connectivity index (χ0) is 16.5. The monoisotopic (exact) mass is 322 g/mol. The molecule has 0 N–H and O–H groups in total. The Kier molecular flexibility index (Phi) is 3.98. The molecule has 3 aromatic rings. The maximum Gasteiger partial charge on any atom is 0.252 e. The summed E-state index contributed by atoms with van der Waals surface area (Å²) < 4.78 is 1.89. The van der Waals surface area contributed by atoms with Crippen molar-refractivity contribution in [3.05, 3.63) is 53.4 Å². The zero-order valence-electron chi connectivity index (χ0n) is 14.2. The van der Waals surface area contributed by atoms with E-state index in [0.29, 0.717) is 11.7 Å². The van der Waals surface area contributed by atoms with Gasteiger partial charge in [0.05, 0.1) is 11.4 Å². The molecule has 3 aromatic heterocycles. The molecule has 1 atom stereocenters. The first-order chi connectivity index (χ1) is 11.7. The Bertz CT molecular complexity index is 856. The normalized spacial score (nSPS) is 19.0. The van der Waals surface area contributed by atoms with E-state index in [9.17, 15) is 0 Å². The summed E-state index contributed by atoms with van der Waals surface area (Å²) in [7, 11) is 0. The van der Waals surface area contributed by atoms with Crippen LogP contribution in [0.4, 0.5) is 0 Å². The minimum atomic E-state index is 0.453. The molecular weight excluding hydrogens is 300 g/mol. The lowest BCUT2D eigenvalue weighted by Gasteiger charge is -2.32. The van der Waals surface area contributed by atoms with Crippen LogP contribution in [0, 0.1) is 13.8 Å². The molecule has 0 spiro atoms. The number of pyridine rings is 1. The first-order valence-corrected chi connectivity index (χ1v) is 8.51. The topological polar surface area (TPSA) is 59.2 Å². The van der Waals surface area contributed by atoms with Crippen molar-refractivity contribution in [2.24, 2.45) is 0 Å². The van der Waals surface area contributed by atoms with E-state index < -0.39 is 0 Å². The van der Waals surface area contributed by atoms with Crippen LogP contribution in [0.2, 0.25) is 0 Å². The highest BCUT2D eigenvalue weighted by atomic mass is 15.3. The first kappa shape index (κ1) is 15.2. The number of nitrogens with zero attached hydrogens (tertiary/aromatic N) is 6. The Labute approximate surface area is 141 Å². The van der Waals surface area contributed by atoms with Crippen LogP contribution in [0.25, 0.3) is 5.78 Å². The van der Waals surface area contributed by atoms with Crippen molar-refractivity contribution in [3.8, 4) is 0 Å². The van der Waals surface area contributed by atoms with Crippen molar-refractivity contribution >= 4 is 5.78 Å². The third-order valence-electron chi connectivity index (χ3n) is 4.66. The van der Waals surface area contributed by atoms with Gasteiger partial charge in [0.15, 0.2) is 0 Å². The van der Waals surface area contributed by atoms with Crippen molar-refractivity contribution in [2.45, 2.75) is 39.2 Å².